The maximum absolute atomic E-state index is 13.0. The molecule has 0 saturated carbocycles. The van der Waals surface area contributed by atoms with Gasteiger partial charge in [0.25, 0.3) is 0 Å². The fourth-order valence-electron chi connectivity index (χ4n) is 2.36. The van der Waals surface area contributed by atoms with Crippen molar-refractivity contribution in [2.45, 2.75) is 32.1 Å². The average molecular weight is 431 g/mol. The molecule has 0 aliphatic heterocycles. The molecule has 2 aromatic carbocycles. The van der Waals surface area contributed by atoms with Crippen LogP contribution < -0.4 is 21.7 Å². The van der Waals surface area contributed by atoms with E-state index < -0.39 is 29.2 Å². The Balaban J connectivity index is 0.00000420. The van der Waals surface area contributed by atoms with Crippen molar-refractivity contribution >= 4 is 35.7 Å². The molecule has 0 atom stereocenters. The Labute approximate surface area is 172 Å². The molecule has 0 aromatic heterocycles. The van der Waals surface area contributed by atoms with Crippen molar-refractivity contribution in [3.63, 3.8) is 0 Å². The van der Waals surface area contributed by atoms with E-state index in [9.17, 15) is 22.8 Å². The van der Waals surface area contributed by atoms with E-state index in [4.69, 9.17) is 5.73 Å². The van der Waals surface area contributed by atoms with Gasteiger partial charge in [0.05, 0.1) is 5.56 Å². The summed E-state index contributed by atoms with van der Waals surface area (Å²) in [6.07, 6.45) is -4.58. The largest absolute Gasteiger partial charge is 0.416 e. The predicted molar refractivity (Wildman–Crippen MR) is 108 cm³/mol. The first kappa shape index (κ1) is 24.3. The second-order valence-electron chi connectivity index (χ2n) is 6.64. The van der Waals surface area contributed by atoms with Gasteiger partial charge in [-0.2, -0.15) is 13.2 Å². The summed E-state index contributed by atoms with van der Waals surface area (Å²) in [6, 6.07) is 11.1. The zero-order valence-corrected chi connectivity index (χ0v) is 16.6. The van der Waals surface area contributed by atoms with Gasteiger partial charge in [0.2, 0.25) is 5.91 Å². The summed E-state index contributed by atoms with van der Waals surface area (Å²) in [6.45, 7) is 2.75. The van der Waals surface area contributed by atoms with Gasteiger partial charge in [-0.3, -0.25) is 4.79 Å². The maximum Gasteiger partial charge on any atom is 0.416 e. The van der Waals surface area contributed by atoms with Crippen LogP contribution in [0.1, 0.15) is 25.0 Å². The number of benzene rings is 2. The summed E-state index contributed by atoms with van der Waals surface area (Å²) in [4.78, 5) is 24.6. The lowest BCUT2D eigenvalue weighted by Gasteiger charge is -2.25. The highest BCUT2D eigenvalue weighted by Crippen LogP contribution is 2.32. The molecular weight excluding hydrogens is 409 g/mol. The van der Waals surface area contributed by atoms with Crippen molar-refractivity contribution in [2.75, 3.05) is 10.6 Å². The summed E-state index contributed by atoms with van der Waals surface area (Å²) in [7, 11) is 0. The Morgan fingerprint density at radius 1 is 0.966 bits per heavy atom. The van der Waals surface area contributed by atoms with Gasteiger partial charge in [-0.25, -0.2) is 4.79 Å². The molecule has 6 nitrogen and oxygen atoms in total. The van der Waals surface area contributed by atoms with Crippen molar-refractivity contribution in [1.29, 1.82) is 0 Å². The van der Waals surface area contributed by atoms with Crippen molar-refractivity contribution in [3.05, 3.63) is 59.7 Å². The molecule has 0 spiro atoms. The van der Waals surface area contributed by atoms with Gasteiger partial charge in [-0.15, -0.1) is 12.4 Å². The number of nitrogens with one attached hydrogen (secondary N) is 3. The molecule has 0 bridgehead atoms. The number of urea groups is 1. The van der Waals surface area contributed by atoms with Crippen LogP contribution in [-0.2, 0) is 17.5 Å². The second kappa shape index (κ2) is 9.62. The normalized spacial score (nSPS) is 11.2. The number of halogens is 4. The number of para-hydroxylation sites is 1. The molecule has 3 amide bonds. The topological polar surface area (TPSA) is 96.2 Å². The number of anilines is 2. The van der Waals surface area contributed by atoms with Crippen molar-refractivity contribution in [1.82, 2.24) is 5.32 Å². The van der Waals surface area contributed by atoms with Crippen LogP contribution in [0.4, 0.5) is 29.3 Å². The zero-order valence-electron chi connectivity index (χ0n) is 15.8. The monoisotopic (exact) mass is 430 g/mol. The van der Waals surface area contributed by atoms with Gasteiger partial charge >= 0.3 is 12.2 Å². The van der Waals surface area contributed by atoms with Crippen LogP contribution in [0.2, 0.25) is 0 Å². The molecule has 2 rings (SSSR count). The molecule has 0 saturated heterocycles. The summed E-state index contributed by atoms with van der Waals surface area (Å²) >= 11 is 0. The van der Waals surface area contributed by atoms with E-state index in [1.54, 1.807) is 30.3 Å². The van der Waals surface area contributed by atoms with Crippen LogP contribution in [0.5, 0.6) is 0 Å². The smallest absolute Gasteiger partial charge is 0.326 e. The number of hydrogen-bond acceptors (Lipinski definition) is 3. The van der Waals surface area contributed by atoms with E-state index in [1.807, 2.05) is 0 Å². The van der Waals surface area contributed by atoms with Crippen molar-refractivity contribution in [2.24, 2.45) is 5.73 Å². The first-order valence-electron chi connectivity index (χ1n) is 8.38. The molecular formula is C19H22ClF3N4O2. The molecule has 29 heavy (non-hydrogen) atoms. The summed E-state index contributed by atoms with van der Waals surface area (Å²) in [5, 5.41) is 7.46. The highest BCUT2D eigenvalue weighted by molar-refractivity contribution is 6.01. The van der Waals surface area contributed by atoms with E-state index in [-0.39, 0.29) is 30.2 Å². The van der Waals surface area contributed by atoms with Gasteiger partial charge in [0.1, 0.15) is 5.54 Å². The van der Waals surface area contributed by atoms with E-state index in [0.717, 1.165) is 12.1 Å². The first-order valence-corrected chi connectivity index (χ1v) is 8.38. The maximum atomic E-state index is 13.0. The SMILES string of the molecule is CC(C)(NC(=O)Nc1ccccc1)C(=O)Nc1cc(CN)cc(C(F)(F)F)c1.Cl. The summed E-state index contributed by atoms with van der Waals surface area (Å²) in [5.74, 6) is -0.682. The van der Waals surface area contributed by atoms with Gasteiger partial charge in [-0.1, -0.05) is 18.2 Å². The fourth-order valence-corrected chi connectivity index (χ4v) is 2.36. The quantitative estimate of drug-likeness (QED) is 0.574. The average Bonchev–Trinajstić information content (AvgIpc) is 2.60. The molecule has 0 unspecified atom stereocenters. The fraction of sp³-hybridized carbons (Fsp3) is 0.263. The summed E-state index contributed by atoms with van der Waals surface area (Å²) in [5.41, 5.74) is 3.82. The molecule has 10 heteroatoms. The van der Waals surface area contributed by atoms with Crippen LogP contribution >= 0.6 is 12.4 Å². The Morgan fingerprint density at radius 2 is 1.59 bits per heavy atom. The molecule has 2 aromatic rings. The Morgan fingerprint density at radius 3 is 2.14 bits per heavy atom. The van der Waals surface area contributed by atoms with Crippen molar-refractivity contribution < 1.29 is 22.8 Å². The predicted octanol–water partition coefficient (Wildman–Crippen LogP) is 4.12. The number of hydrogen-bond donors (Lipinski definition) is 4. The minimum atomic E-state index is -4.58. The van der Waals surface area contributed by atoms with Gasteiger partial charge in [-0.05, 0) is 49.7 Å². The molecule has 0 heterocycles. The van der Waals surface area contributed by atoms with E-state index in [1.165, 1.54) is 19.9 Å². The molecule has 0 aliphatic rings. The highest BCUT2D eigenvalue weighted by Gasteiger charge is 2.33. The highest BCUT2D eigenvalue weighted by atomic mass is 35.5. The van der Waals surface area contributed by atoms with E-state index in [2.05, 4.69) is 16.0 Å². The third-order valence-electron chi connectivity index (χ3n) is 3.84. The van der Waals surface area contributed by atoms with Crippen molar-refractivity contribution in [3.8, 4) is 0 Å². The minimum Gasteiger partial charge on any atom is -0.326 e. The number of alkyl halides is 3. The zero-order chi connectivity index (χ0) is 20.9. The number of nitrogens with two attached hydrogens (primary N) is 1. The lowest BCUT2D eigenvalue weighted by molar-refractivity contribution is -0.137. The number of carbonyl (C=O) groups excluding carboxylic acids is 2. The van der Waals surface area contributed by atoms with Gasteiger partial charge in [0, 0.05) is 17.9 Å². The molecule has 0 fully saturated rings. The third-order valence-corrected chi connectivity index (χ3v) is 3.84. The standard InChI is InChI=1S/C19H21F3N4O2.ClH/c1-18(2,26-17(28)25-14-6-4-3-5-7-14)16(27)24-15-9-12(11-23)8-13(10-15)19(20,21)22;/h3-10H,11,23H2,1-2H3,(H,24,27)(H2,25,26,28);1H. The number of amides is 3. The summed E-state index contributed by atoms with van der Waals surface area (Å²) < 4.78 is 39.0. The minimum absolute atomic E-state index is 0. The van der Waals surface area contributed by atoms with Crippen LogP contribution in [0, 0.1) is 0 Å². The van der Waals surface area contributed by atoms with E-state index >= 15 is 0 Å². The number of rotatable bonds is 5. The van der Waals surface area contributed by atoms with Crippen LogP contribution in [0.15, 0.2) is 48.5 Å². The molecule has 5 N–H and O–H groups in total. The molecule has 158 valence electrons. The lowest BCUT2D eigenvalue weighted by Crippen LogP contribution is -2.53. The third kappa shape index (κ3) is 6.95. The molecule has 0 radical (unpaired) electrons. The first-order chi connectivity index (χ1) is 13.0. The van der Waals surface area contributed by atoms with Gasteiger partial charge in [0.15, 0.2) is 0 Å². The Hall–Kier alpha value is -2.78. The van der Waals surface area contributed by atoms with Crippen LogP contribution in [-0.4, -0.2) is 17.5 Å². The lowest BCUT2D eigenvalue weighted by atomic mass is 10.0. The Bertz CT molecular complexity index is 858. The van der Waals surface area contributed by atoms with Crippen LogP contribution in [0.25, 0.3) is 0 Å². The number of carbonyl (C=O) groups is 2. The van der Waals surface area contributed by atoms with Gasteiger partial charge < -0.3 is 21.7 Å². The second-order valence-corrected chi connectivity index (χ2v) is 6.64. The van der Waals surface area contributed by atoms with E-state index in [0.29, 0.717) is 5.69 Å². The van der Waals surface area contributed by atoms with Crippen LogP contribution in [0.3, 0.4) is 0 Å². The Kier molecular flexibility index (Phi) is 8.05. The molecule has 0 aliphatic carbocycles.